The fourth-order valence-electron chi connectivity index (χ4n) is 1.95. The number of ether oxygens (including phenoxy) is 1. The van der Waals surface area contributed by atoms with Crippen molar-refractivity contribution in [3.8, 4) is 0 Å². The second-order valence-electron chi connectivity index (χ2n) is 4.17. The lowest BCUT2D eigenvalue weighted by atomic mass is 10.1. The third-order valence-corrected chi connectivity index (χ3v) is 2.94. The lowest BCUT2D eigenvalue weighted by Crippen LogP contribution is -2.06. The molecule has 2 aromatic heterocycles. The molecule has 7 heteroatoms. The van der Waals surface area contributed by atoms with E-state index in [2.05, 4.69) is 30.5 Å². The Morgan fingerprint density at radius 3 is 3.11 bits per heavy atom. The number of H-pyrrole nitrogens is 1. The van der Waals surface area contributed by atoms with E-state index >= 15 is 0 Å². The van der Waals surface area contributed by atoms with Crippen LogP contribution in [0.1, 0.15) is 23.9 Å². The summed E-state index contributed by atoms with van der Waals surface area (Å²) < 4.78 is 5.37. The zero-order valence-corrected chi connectivity index (χ0v) is 9.83. The first-order chi connectivity index (χ1) is 8.92. The molecule has 94 valence electrons. The number of aromatic amines is 1. The van der Waals surface area contributed by atoms with E-state index in [-0.39, 0.29) is 0 Å². The third kappa shape index (κ3) is 2.45. The molecule has 1 saturated heterocycles. The summed E-state index contributed by atoms with van der Waals surface area (Å²) >= 11 is 0. The summed E-state index contributed by atoms with van der Waals surface area (Å²) in [5, 5.41) is 9.76. The number of nitrogens with one attached hydrogen (secondary N) is 2. The van der Waals surface area contributed by atoms with Gasteiger partial charge in [-0.05, 0) is 6.42 Å². The van der Waals surface area contributed by atoms with Gasteiger partial charge in [-0.3, -0.25) is 5.10 Å². The Balaban J connectivity index is 1.66. The number of anilines is 1. The smallest absolute Gasteiger partial charge is 0.143 e. The Kier molecular flexibility index (Phi) is 3.14. The molecule has 2 aromatic rings. The van der Waals surface area contributed by atoms with Crippen LogP contribution in [0.4, 0.5) is 5.82 Å². The fourth-order valence-corrected chi connectivity index (χ4v) is 1.95. The van der Waals surface area contributed by atoms with Gasteiger partial charge in [0.2, 0.25) is 0 Å². The molecule has 3 rings (SSSR count). The molecule has 0 amide bonds. The molecular weight excluding hydrogens is 232 g/mol. The lowest BCUT2D eigenvalue weighted by Gasteiger charge is -2.08. The van der Waals surface area contributed by atoms with Crippen LogP contribution in [0.25, 0.3) is 0 Å². The predicted molar refractivity (Wildman–Crippen MR) is 63.9 cm³/mol. The molecule has 0 unspecified atom stereocenters. The number of rotatable bonds is 4. The largest absolute Gasteiger partial charge is 0.381 e. The molecule has 0 spiro atoms. The molecule has 0 bridgehead atoms. The van der Waals surface area contributed by atoms with Gasteiger partial charge in [-0.15, -0.1) is 0 Å². The van der Waals surface area contributed by atoms with Gasteiger partial charge in [-0.1, -0.05) is 0 Å². The molecule has 2 N–H and O–H groups in total. The van der Waals surface area contributed by atoms with E-state index in [1.807, 2.05) is 6.07 Å². The summed E-state index contributed by atoms with van der Waals surface area (Å²) in [7, 11) is 0. The monoisotopic (exact) mass is 246 g/mol. The summed E-state index contributed by atoms with van der Waals surface area (Å²) in [6.45, 7) is 2.13. The molecule has 3 heterocycles. The van der Waals surface area contributed by atoms with Crippen LogP contribution < -0.4 is 5.32 Å². The molecule has 0 aliphatic carbocycles. The maximum Gasteiger partial charge on any atom is 0.143 e. The predicted octanol–water partition coefficient (Wildman–Crippen LogP) is 0.711. The highest BCUT2D eigenvalue weighted by molar-refractivity contribution is 5.36. The van der Waals surface area contributed by atoms with Crippen molar-refractivity contribution in [3.63, 3.8) is 0 Å². The van der Waals surface area contributed by atoms with E-state index in [0.717, 1.165) is 37.0 Å². The highest BCUT2D eigenvalue weighted by Crippen LogP contribution is 2.24. The van der Waals surface area contributed by atoms with Crippen LogP contribution in [-0.2, 0) is 11.3 Å². The highest BCUT2D eigenvalue weighted by atomic mass is 16.5. The molecule has 0 aromatic carbocycles. The molecule has 1 aliphatic rings. The first-order valence-electron chi connectivity index (χ1n) is 5.89. The van der Waals surface area contributed by atoms with E-state index in [4.69, 9.17) is 4.74 Å². The SMILES string of the molecule is c1nc(NCc2ncn[nH]2)cc([C@H]2CCOC2)n1. The minimum absolute atomic E-state index is 0.388. The molecule has 0 saturated carbocycles. The third-order valence-electron chi connectivity index (χ3n) is 2.94. The van der Waals surface area contributed by atoms with Crippen molar-refractivity contribution < 1.29 is 4.74 Å². The Morgan fingerprint density at radius 2 is 2.33 bits per heavy atom. The zero-order chi connectivity index (χ0) is 12.2. The minimum atomic E-state index is 0.388. The van der Waals surface area contributed by atoms with Gasteiger partial charge in [0, 0.05) is 18.6 Å². The van der Waals surface area contributed by atoms with E-state index in [1.54, 1.807) is 6.33 Å². The number of nitrogens with zero attached hydrogens (tertiary/aromatic N) is 4. The van der Waals surface area contributed by atoms with Crippen LogP contribution in [0.15, 0.2) is 18.7 Å². The molecule has 1 fully saturated rings. The van der Waals surface area contributed by atoms with Gasteiger partial charge in [0.1, 0.15) is 24.3 Å². The van der Waals surface area contributed by atoms with Crippen molar-refractivity contribution in [3.05, 3.63) is 30.2 Å². The molecular formula is C11H14N6O. The lowest BCUT2D eigenvalue weighted by molar-refractivity contribution is 0.193. The average Bonchev–Trinajstić information content (AvgIpc) is 3.10. The summed E-state index contributed by atoms with van der Waals surface area (Å²) in [6, 6.07) is 1.97. The van der Waals surface area contributed by atoms with Gasteiger partial charge < -0.3 is 10.1 Å². The van der Waals surface area contributed by atoms with E-state index in [9.17, 15) is 0 Å². The van der Waals surface area contributed by atoms with Gasteiger partial charge in [-0.25, -0.2) is 15.0 Å². The Labute approximate surface area is 104 Å². The van der Waals surface area contributed by atoms with Crippen LogP contribution in [0, 0.1) is 0 Å². The maximum absolute atomic E-state index is 5.37. The van der Waals surface area contributed by atoms with E-state index in [0.29, 0.717) is 12.5 Å². The van der Waals surface area contributed by atoms with Gasteiger partial charge >= 0.3 is 0 Å². The van der Waals surface area contributed by atoms with Crippen molar-refractivity contribution in [1.82, 2.24) is 25.1 Å². The van der Waals surface area contributed by atoms with Crippen molar-refractivity contribution in [2.45, 2.75) is 18.9 Å². The van der Waals surface area contributed by atoms with Gasteiger partial charge in [0.25, 0.3) is 0 Å². The number of aromatic nitrogens is 5. The van der Waals surface area contributed by atoms with E-state index < -0.39 is 0 Å². The number of hydrogen-bond donors (Lipinski definition) is 2. The minimum Gasteiger partial charge on any atom is -0.381 e. The van der Waals surface area contributed by atoms with Gasteiger partial charge in [-0.2, -0.15) is 5.10 Å². The second-order valence-corrected chi connectivity index (χ2v) is 4.17. The van der Waals surface area contributed by atoms with Crippen LogP contribution in [0.2, 0.25) is 0 Å². The second kappa shape index (κ2) is 5.09. The molecule has 18 heavy (non-hydrogen) atoms. The first kappa shape index (κ1) is 11.1. The summed E-state index contributed by atoms with van der Waals surface area (Å²) in [6.07, 6.45) is 4.09. The standard InChI is InChI=1S/C11H14N6O/c1-2-18-5-8(1)9-3-10(14-6-13-9)12-4-11-15-7-16-17-11/h3,6-8H,1-2,4-5H2,(H,12,13,14)(H,15,16,17)/t8-/m0/s1. The fraction of sp³-hybridized carbons (Fsp3) is 0.455. The van der Waals surface area contributed by atoms with Crippen molar-refractivity contribution in [1.29, 1.82) is 0 Å². The van der Waals surface area contributed by atoms with Crippen molar-refractivity contribution in [2.24, 2.45) is 0 Å². The summed E-state index contributed by atoms with van der Waals surface area (Å²) in [4.78, 5) is 12.5. The van der Waals surface area contributed by atoms with Crippen LogP contribution in [-0.4, -0.2) is 38.4 Å². The van der Waals surface area contributed by atoms with Crippen molar-refractivity contribution in [2.75, 3.05) is 18.5 Å². The highest BCUT2D eigenvalue weighted by Gasteiger charge is 2.19. The quantitative estimate of drug-likeness (QED) is 0.826. The Bertz CT molecular complexity index is 494. The van der Waals surface area contributed by atoms with Crippen molar-refractivity contribution >= 4 is 5.82 Å². The topological polar surface area (TPSA) is 88.6 Å². The van der Waals surface area contributed by atoms with Crippen LogP contribution in [0.3, 0.4) is 0 Å². The Hall–Kier alpha value is -2.02. The zero-order valence-electron chi connectivity index (χ0n) is 9.83. The van der Waals surface area contributed by atoms with E-state index in [1.165, 1.54) is 6.33 Å². The average molecular weight is 246 g/mol. The van der Waals surface area contributed by atoms with Gasteiger partial charge in [0.05, 0.1) is 18.8 Å². The maximum atomic E-state index is 5.37. The molecule has 7 nitrogen and oxygen atoms in total. The van der Waals surface area contributed by atoms with Crippen LogP contribution in [0.5, 0.6) is 0 Å². The number of hydrogen-bond acceptors (Lipinski definition) is 6. The Morgan fingerprint density at radius 1 is 1.33 bits per heavy atom. The molecule has 1 atom stereocenters. The van der Waals surface area contributed by atoms with Crippen LogP contribution >= 0.6 is 0 Å². The first-order valence-corrected chi connectivity index (χ1v) is 5.89. The summed E-state index contributed by atoms with van der Waals surface area (Å²) in [5.41, 5.74) is 1.03. The molecule has 1 aliphatic heterocycles. The molecule has 0 radical (unpaired) electrons. The van der Waals surface area contributed by atoms with Gasteiger partial charge in [0.15, 0.2) is 0 Å². The normalized spacial score (nSPS) is 19.0. The summed E-state index contributed by atoms with van der Waals surface area (Å²) in [5.74, 6) is 1.96.